The van der Waals surface area contributed by atoms with Crippen LogP contribution in [0.25, 0.3) is 0 Å². The van der Waals surface area contributed by atoms with Crippen LogP contribution in [0.4, 0.5) is 9.52 Å². The third-order valence-electron chi connectivity index (χ3n) is 3.76. The van der Waals surface area contributed by atoms with Crippen molar-refractivity contribution in [3.05, 3.63) is 46.7 Å². The van der Waals surface area contributed by atoms with Crippen LogP contribution in [-0.4, -0.2) is 35.3 Å². The maximum atomic E-state index is 13.2. The van der Waals surface area contributed by atoms with Crippen LogP contribution >= 0.6 is 11.3 Å². The van der Waals surface area contributed by atoms with Crippen molar-refractivity contribution in [2.75, 3.05) is 18.9 Å². The summed E-state index contributed by atoms with van der Waals surface area (Å²) in [4.78, 5) is 30.3. The number of hydrogen-bond donors (Lipinski definition) is 1. The average Bonchev–Trinajstić information content (AvgIpc) is 3.06. The number of carbonyl (C=O) groups is 2. The average molecular weight is 333 g/mol. The SMILES string of the molecule is CN1CC(C(=O)Nc2ncc(Cc3cccc(F)c3)s2)CC1=O. The molecule has 0 radical (unpaired) electrons. The van der Waals surface area contributed by atoms with E-state index in [1.165, 1.54) is 23.5 Å². The molecule has 1 aromatic carbocycles. The molecule has 1 fully saturated rings. The van der Waals surface area contributed by atoms with Gasteiger partial charge in [0.25, 0.3) is 0 Å². The second kappa shape index (κ2) is 6.45. The van der Waals surface area contributed by atoms with Crippen molar-refractivity contribution in [1.82, 2.24) is 9.88 Å². The molecule has 1 aromatic heterocycles. The van der Waals surface area contributed by atoms with Crippen LogP contribution in [0.1, 0.15) is 16.9 Å². The summed E-state index contributed by atoms with van der Waals surface area (Å²) in [5.41, 5.74) is 0.856. The van der Waals surface area contributed by atoms with Gasteiger partial charge in [-0.1, -0.05) is 12.1 Å². The van der Waals surface area contributed by atoms with E-state index in [1.807, 2.05) is 6.07 Å². The minimum Gasteiger partial charge on any atom is -0.345 e. The smallest absolute Gasteiger partial charge is 0.231 e. The van der Waals surface area contributed by atoms with Crippen LogP contribution in [-0.2, 0) is 16.0 Å². The van der Waals surface area contributed by atoms with Crippen molar-refractivity contribution in [1.29, 1.82) is 0 Å². The molecule has 1 N–H and O–H groups in total. The number of nitrogens with zero attached hydrogens (tertiary/aromatic N) is 2. The minimum atomic E-state index is -0.330. The minimum absolute atomic E-state index is 0.0175. The molecule has 0 bridgehead atoms. The van der Waals surface area contributed by atoms with Crippen molar-refractivity contribution < 1.29 is 14.0 Å². The Morgan fingerprint density at radius 3 is 3.04 bits per heavy atom. The summed E-state index contributed by atoms with van der Waals surface area (Å²) in [5, 5.41) is 3.26. The van der Waals surface area contributed by atoms with E-state index in [1.54, 1.807) is 24.2 Å². The standard InChI is InChI=1S/C16H16FN3O2S/c1-20-9-11(7-14(20)21)15(22)19-16-18-8-13(23-16)6-10-3-2-4-12(17)5-10/h2-5,8,11H,6-7,9H2,1H3,(H,18,19,22). The highest BCUT2D eigenvalue weighted by molar-refractivity contribution is 7.15. The summed E-state index contributed by atoms with van der Waals surface area (Å²) in [6, 6.07) is 6.41. The largest absolute Gasteiger partial charge is 0.345 e. The monoisotopic (exact) mass is 333 g/mol. The van der Waals surface area contributed by atoms with Crippen LogP contribution in [0.3, 0.4) is 0 Å². The highest BCUT2D eigenvalue weighted by Gasteiger charge is 2.32. The van der Waals surface area contributed by atoms with E-state index < -0.39 is 0 Å². The molecule has 7 heteroatoms. The van der Waals surface area contributed by atoms with E-state index in [9.17, 15) is 14.0 Å². The molecule has 1 unspecified atom stereocenters. The first-order valence-corrected chi connectivity index (χ1v) is 8.07. The molecule has 0 aliphatic carbocycles. The van der Waals surface area contributed by atoms with Crippen molar-refractivity contribution in [2.24, 2.45) is 5.92 Å². The Bertz CT molecular complexity index is 746. The quantitative estimate of drug-likeness (QED) is 0.934. The molecule has 120 valence electrons. The van der Waals surface area contributed by atoms with Gasteiger partial charge in [-0.15, -0.1) is 11.3 Å². The summed E-state index contributed by atoms with van der Waals surface area (Å²) >= 11 is 1.36. The van der Waals surface area contributed by atoms with Gasteiger partial charge in [-0.2, -0.15) is 0 Å². The zero-order valence-electron chi connectivity index (χ0n) is 12.6. The van der Waals surface area contributed by atoms with Crippen LogP contribution in [0.15, 0.2) is 30.5 Å². The van der Waals surface area contributed by atoms with Gasteiger partial charge in [0.15, 0.2) is 5.13 Å². The lowest BCUT2D eigenvalue weighted by Crippen LogP contribution is -2.25. The molecule has 1 atom stereocenters. The van der Waals surface area contributed by atoms with E-state index in [0.717, 1.165) is 10.4 Å². The fourth-order valence-electron chi connectivity index (χ4n) is 2.54. The van der Waals surface area contributed by atoms with Crippen molar-refractivity contribution in [3.8, 4) is 0 Å². The molecule has 3 rings (SSSR count). The van der Waals surface area contributed by atoms with E-state index in [0.29, 0.717) is 18.1 Å². The number of halogens is 1. The Kier molecular flexibility index (Phi) is 4.38. The van der Waals surface area contributed by atoms with Gasteiger partial charge in [0, 0.05) is 37.5 Å². The number of nitrogens with one attached hydrogen (secondary N) is 1. The van der Waals surface area contributed by atoms with Crippen molar-refractivity contribution in [2.45, 2.75) is 12.8 Å². The number of rotatable bonds is 4. The van der Waals surface area contributed by atoms with E-state index in [4.69, 9.17) is 0 Å². The van der Waals surface area contributed by atoms with Gasteiger partial charge in [-0.05, 0) is 17.7 Å². The van der Waals surface area contributed by atoms with E-state index >= 15 is 0 Å². The molecule has 1 saturated heterocycles. The van der Waals surface area contributed by atoms with Gasteiger partial charge in [0.05, 0.1) is 5.92 Å². The van der Waals surface area contributed by atoms with Crippen LogP contribution < -0.4 is 5.32 Å². The van der Waals surface area contributed by atoms with Gasteiger partial charge < -0.3 is 10.2 Å². The summed E-state index contributed by atoms with van der Waals surface area (Å²) < 4.78 is 13.2. The predicted molar refractivity (Wildman–Crippen MR) is 85.7 cm³/mol. The van der Waals surface area contributed by atoms with E-state index in [-0.39, 0.29) is 30.0 Å². The zero-order valence-corrected chi connectivity index (χ0v) is 13.4. The molecule has 23 heavy (non-hydrogen) atoms. The normalized spacial score (nSPS) is 17.6. The van der Waals surface area contributed by atoms with Crippen LogP contribution in [0.2, 0.25) is 0 Å². The first-order chi connectivity index (χ1) is 11.0. The Morgan fingerprint density at radius 1 is 1.52 bits per heavy atom. The van der Waals surface area contributed by atoms with Gasteiger partial charge >= 0.3 is 0 Å². The number of hydrogen-bond acceptors (Lipinski definition) is 4. The Balaban J connectivity index is 1.61. The lowest BCUT2D eigenvalue weighted by molar-refractivity contribution is -0.127. The molecule has 2 amide bonds. The first kappa shape index (κ1) is 15.6. The topological polar surface area (TPSA) is 62.3 Å². The molecule has 1 aliphatic rings. The maximum absolute atomic E-state index is 13.2. The summed E-state index contributed by atoms with van der Waals surface area (Å²) in [7, 11) is 1.69. The predicted octanol–water partition coefficient (Wildman–Crippen LogP) is 2.29. The fourth-order valence-corrected chi connectivity index (χ4v) is 3.39. The lowest BCUT2D eigenvalue weighted by Gasteiger charge is -2.09. The molecular weight excluding hydrogens is 317 g/mol. The number of carbonyl (C=O) groups excluding carboxylic acids is 2. The molecule has 5 nitrogen and oxygen atoms in total. The second-order valence-corrected chi connectivity index (χ2v) is 6.72. The highest BCUT2D eigenvalue weighted by atomic mass is 32.1. The number of benzene rings is 1. The van der Waals surface area contributed by atoms with Gasteiger partial charge in [-0.3, -0.25) is 9.59 Å². The molecule has 2 aromatic rings. The second-order valence-electron chi connectivity index (χ2n) is 5.60. The first-order valence-electron chi connectivity index (χ1n) is 7.25. The third kappa shape index (κ3) is 3.73. The summed E-state index contributed by atoms with van der Waals surface area (Å²) in [5.74, 6) is -0.802. The number of anilines is 1. The molecule has 0 spiro atoms. The molecule has 0 saturated carbocycles. The maximum Gasteiger partial charge on any atom is 0.231 e. The van der Waals surface area contributed by atoms with Crippen LogP contribution in [0.5, 0.6) is 0 Å². The zero-order chi connectivity index (χ0) is 16.4. The third-order valence-corrected chi connectivity index (χ3v) is 4.68. The number of thiazole rings is 1. The van der Waals surface area contributed by atoms with Gasteiger partial charge in [0.1, 0.15) is 5.82 Å². The Morgan fingerprint density at radius 2 is 2.35 bits per heavy atom. The van der Waals surface area contributed by atoms with Crippen molar-refractivity contribution in [3.63, 3.8) is 0 Å². The molecular formula is C16H16FN3O2S. The summed E-state index contributed by atoms with van der Waals surface area (Å²) in [6.07, 6.45) is 2.48. The molecule has 2 heterocycles. The fraction of sp³-hybridized carbons (Fsp3) is 0.312. The Hall–Kier alpha value is -2.28. The number of likely N-dealkylation sites (tertiary alicyclic amines) is 1. The highest BCUT2D eigenvalue weighted by Crippen LogP contribution is 2.23. The van der Waals surface area contributed by atoms with Crippen molar-refractivity contribution >= 4 is 28.3 Å². The summed E-state index contributed by atoms with van der Waals surface area (Å²) in [6.45, 7) is 0.437. The lowest BCUT2D eigenvalue weighted by atomic mass is 10.1. The Labute approximate surface area is 137 Å². The van der Waals surface area contributed by atoms with Crippen LogP contribution in [0, 0.1) is 11.7 Å². The van der Waals surface area contributed by atoms with E-state index in [2.05, 4.69) is 10.3 Å². The molecule has 1 aliphatic heterocycles. The number of aromatic nitrogens is 1. The van der Waals surface area contributed by atoms with Gasteiger partial charge in [0.2, 0.25) is 11.8 Å². The number of amides is 2. The van der Waals surface area contributed by atoms with Gasteiger partial charge in [-0.25, -0.2) is 9.37 Å².